The van der Waals surface area contributed by atoms with Crippen molar-refractivity contribution in [3.63, 3.8) is 0 Å². The molecule has 1 N–H and O–H groups in total. The Balaban J connectivity index is 3.58. The topological polar surface area (TPSA) is 76.0 Å². The fraction of sp³-hybridized carbons (Fsp3) is 0.286. The third kappa shape index (κ3) is 2.12. The monoisotopic (exact) mass is 238 g/mol. The third-order valence-electron chi connectivity index (χ3n) is 1.73. The Morgan fingerprint density at radius 3 is 2.60 bits per heavy atom. The Bertz CT molecular complexity index is 446. The van der Waals surface area contributed by atoms with E-state index in [4.69, 9.17) is 11.6 Å². The van der Waals surface area contributed by atoms with Gasteiger partial charge >= 0.3 is 0 Å². The summed E-state index contributed by atoms with van der Waals surface area (Å²) in [6, 6.07) is 0. The molecule has 8 heteroatoms. The lowest BCUT2D eigenvalue weighted by molar-refractivity contribution is -0.387. The summed E-state index contributed by atoms with van der Waals surface area (Å²) in [5.74, 6) is -0.327. The molecule has 0 fully saturated rings. The number of nitrogens with one attached hydrogen (secondary N) is 1. The summed E-state index contributed by atoms with van der Waals surface area (Å²) in [4.78, 5) is 22.4. The summed E-state index contributed by atoms with van der Waals surface area (Å²) in [5, 5.41) is 10.5. The van der Waals surface area contributed by atoms with Crippen molar-refractivity contribution in [1.82, 2.24) is 4.98 Å². The first kappa shape index (κ1) is 11.6. The Morgan fingerprint density at radius 2 is 2.20 bits per heavy atom. The van der Waals surface area contributed by atoms with Gasteiger partial charge in [0.25, 0.3) is 17.7 Å². The largest absolute Gasteiger partial charge is 0.328 e. The summed E-state index contributed by atoms with van der Waals surface area (Å²) < 4.78 is 24.8. The maximum absolute atomic E-state index is 12.4. The Hall–Kier alpha value is -1.50. The van der Waals surface area contributed by atoms with E-state index >= 15 is 0 Å². The van der Waals surface area contributed by atoms with Gasteiger partial charge in [0.2, 0.25) is 0 Å². The minimum atomic E-state index is -3.21. The van der Waals surface area contributed by atoms with Crippen molar-refractivity contribution in [1.29, 1.82) is 0 Å². The molecular weight excluding hydrogens is 234 g/mol. The Morgan fingerprint density at radius 1 is 1.60 bits per heavy atom. The molecule has 82 valence electrons. The van der Waals surface area contributed by atoms with Gasteiger partial charge in [-0.1, -0.05) is 0 Å². The number of hydrogen-bond donors (Lipinski definition) is 1. The first-order chi connectivity index (χ1) is 6.99. The van der Waals surface area contributed by atoms with Gasteiger partial charge in [0.1, 0.15) is 0 Å². The lowest BCUT2D eigenvalue weighted by Crippen LogP contribution is -2.16. The molecule has 1 aromatic heterocycles. The quantitative estimate of drug-likeness (QED) is 0.497. The predicted molar refractivity (Wildman–Crippen MR) is 48.2 cm³/mol. The van der Waals surface area contributed by atoms with E-state index in [9.17, 15) is 23.7 Å². The van der Waals surface area contributed by atoms with E-state index in [1.165, 1.54) is 0 Å². The van der Waals surface area contributed by atoms with Gasteiger partial charge in [0, 0.05) is 6.20 Å². The summed E-state index contributed by atoms with van der Waals surface area (Å²) in [6.45, 7) is 0. The number of nitro groups is 1. The Kier molecular flexibility index (Phi) is 3.35. The number of nitrogens with zero attached hydrogens (tertiary/aromatic N) is 1. The maximum atomic E-state index is 12.4. The number of aromatic nitrogens is 1. The zero-order valence-electron chi connectivity index (χ0n) is 7.17. The van der Waals surface area contributed by atoms with Crippen LogP contribution in [0.1, 0.15) is 17.6 Å². The lowest BCUT2D eigenvalue weighted by Gasteiger charge is -2.03. The smallest absolute Gasteiger partial charge is 0.289 e. The van der Waals surface area contributed by atoms with Crippen molar-refractivity contribution < 1.29 is 13.7 Å². The first-order valence-corrected chi connectivity index (χ1v) is 4.25. The highest BCUT2D eigenvalue weighted by atomic mass is 35.5. The summed E-state index contributed by atoms with van der Waals surface area (Å²) in [6.07, 6.45) is -2.25. The number of halogens is 3. The van der Waals surface area contributed by atoms with Crippen LogP contribution in [0.4, 0.5) is 14.5 Å². The first-order valence-electron chi connectivity index (χ1n) is 3.72. The van der Waals surface area contributed by atoms with Crippen molar-refractivity contribution in [2.75, 3.05) is 0 Å². The Labute approximate surface area is 86.8 Å². The lowest BCUT2D eigenvalue weighted by atomic mass is 10.1. The molecule has 1 aromatic rings. The van der Waals surface area contributed by atoms with Crippen LogP contribution in [0.5, 0.6) is 0 Å². The van der Waals surface area contributed by atoms with E-state index in [2.05, 4.69) is 0 Å². The molecule has 0 aliphatic rings. The third-order valence-corrected chi connectivity index (χ3v) is 2.01. The molecule has 0 unspecified atom stereocenters. The van der Waals surface area contributed by atoms with E-state index in [0.717, 1.165) is 6.20 Å². The van der Waals surface area contributed by atoms with Crippen LogP contribution in [0.3, 0.4) is 0 Å². The summed E-state index contributed by atoms with van der Waals surface area (Å²) in [5.41, 5.74) is -3.39. The van der Waals surface area contributed by atoms with Gasteiger partial charge < -0.3 is 4.98 Å². The van der Waals surface area contributed by atoms with E-state index in [1.807, 2.05) is 4.98 Å². The number of H-pyrrole nitrogens is 1. The molecule has 0 aromatic carbocycles. The molecule has 0 bridgehead atoms. The predicted octanol–water partition coefficient (Wildman–Crippen LogP) is 1.96. The van der Waals surface area contributed by atoms with Gasteiger partial charge in [-0.15, -0.1) is 11.6 Å². The van der Waals surface area contributed by atoms with Crippen LogP contribution in [0, 0.1) is 10.1 Å². The van der Waals surface area contributed by atoms with Crippen LogP contribution in [0.15, 0.2) is 11.0 Å². The highest BCUT2D eigenvalue weighted by Gasteiger charge is 2.28. The fourth-order valence-electron chi connectivity index (χ4n) is 1.10. The average molecular weight is 239 g/mol. The van der Waals surface area contributed by atoms with Crippen molar-refractivity contribution in [3.8, 4) is 0 Å². The molecule has 0 amide bonds. The standard InChI is InChI=1S/C7H5ClF2N2O3/c8-1-3-2-11-7(13)4(6(9)10)5(3)12(14)15/h2,6H,1H2,(H,11,13). The van der Waals surface area contributed by atoms with Crippen molar-refractivity contribution >= 4 is 17.3 Å². The van der Waals surface area contributed by atoms with Crippen molar-refractivity contribution in [2.24, 2.45) is 0 Å². The molecule has 0 aliphatic carbocycles. The van der Waals surface area contributed by atoms with Crippen LogP contribution in [0.25, 0.3) is 0 Å². The van der Waals surface area contributed by atoms with Crippen LogP contribution in [0.2, 0.25) is 0 Å². The second-order valence-electron chi connectivity index (χ2n) is 2.60. The SMILES string of the molecule is O=c1[nH]cc(CCl)c([N+](=O)[O-])c1C(F)F. The molecule has 15 heavy (non-hydrogen) atoms. The number of pyridine rings is 1. The van der Waals surface area contributed by atoms with Gasteiger partial charge in [0.15, 0.2) is 5.56 Å². The molecule has 0 atom stereocenters. The highest BCUT2D eigenvalue weighted by Crippen LogP contribution is 2.28. The molecule has 0 saturated carbocycles. The molecule has 0 saturated heterocycles. The highest BCUT2D eigenvalue weighted by molar-refractivity contribution is 6.17. The van der Waals surface area contributed by atoms with E-state index in [1.54, 1.807) is 0 Å². The van der Waals surface area contributed by atoms with E-state index in [-0.39, 0.29) is 11.4 Å². The normalized spacial score (nSPS) is 10.7. The molecule has 0 spiro atoms. The van der Waals surface area contributed by atoms with Gasteiger partial charge in [-0.3, -0.25) is 14.9 Å². The number of rotatable bonds is 3. The van der Waals surface area contributed by atoms with Crippen LogP contribution < -0.4 is 5.56 Å². The van der Waals surface area contributed by atoms with Crippen LogP contribution in [-0.2, 0) is 5.88 Å². The second kappa shape index (κ2) is 4.35. The molecular formula is C7H5ClF2N2O3. The van der Waals surface area contributed by atoms with Gasteiger partial charge in [-0.2, -0.15) is 0 Å². The van der Waals surface area contributed by atoms with Crippen molar-refractivity contribution in [2.45, 2.75) is 12.3 Å². The van der Waals surface area contributed by atoms with Gasteiger partial charge in [-0.05, 0) is 0 Å². The average Bonchev–Trinajstić information content (AvgIpc) is 2.16. The maximum Gasteiger partial charge on any atom is 0.289 e. The minimum absolute atomic E-state index is 0.142. The second-order valence-corrected chi connectivity index (χ2v) is 2.86. The zero-order chi connectivity index (χ0) is 11.6. The zero-order valence-corrected chi connectivity index (χ0v) is 7.92. The van der Waals surface area contributed by atoms with E-state index in [0.29, 0.717) is 0 Å². The molecule has 0 radical (unpaired) electrons. The summed E-state index contributed by atoms with van der Waals surface area (Å²) >= 11 is 5.33. The molecule has 5 nitrogen and oxygen atoms in total. The van der Waals surface area contributed by atoms with Gasteiger partial charge in [-0.25, -0.2) is 8.78 Å². The minimum Gasteiger partial charge on any atom is -0.328 e. The fourth-order valence-corrected chi connectivity index (χ4v) is 1.30. The van der Waals surface area contributed by atoms with Crippen LogP contribution >= 0.6 is 11.6 Å². The van der Waals surface area contributed by atoms with Gasteiger partial charge in [0.05, 0.1) is 16.4 Å². The number of aromatic amines is 1. The number of alkyl halides is 3. The van der Waals surface area contributed by atoms with Crippen LogP contribution in [-0.4, -0.2) is 9.91 Å². The molecule has 0 aliphatic heterocycles. The summed E-state index contributed by atoms with van der Waals surface area (Å²) in [7, 11) is 0. The van der Waals surface area contributed by atoms with Crippen molar-refractivity contribution in [3.05, 3.63) is 37.8 Å². The molecule has 1 rings (SSSR count). The van der Waals surface area contributed by atoms with E-state index < -0.39 is 28.2 Å². The number of hydrogen-bond acceptors (Lipinski definition) is 3. The molecule has 1 heterocycles.